The molecule has 6 nitrogen and oxygen atoms in total. The normalized spacial score (nSPS) is 9.62. The molecule has 1 aromatic heterocycles. The number of carboxylic acid groups (broad SMARTS) is 1. The minimum atomic E-state index is -1.23. The number of aromatic carboxylic acids is 1. The van der Waals surface area contributed by atoms with Gasteiger partial charge in [0, 0.05) is 0 Å². The first-order valence-corrected chi connectivity index (χ1v) is 4.30. The number of halogens is 1. The zero-order chi connectivity index (χ0) is 9.84. The summed E-state index contributed by atoms with van der Waals surface area (Å²) in [6, 6.07) is -0.123. The number of rotatable bonds is 3. The summed E-state index contributed by atoms with van der Waals surface area (Å²) in [4.78, 5) is 24.6. The first kappa shape index (κ1) is 9.72. The van der Waals surface area contributed by atoms with Gasteiger partial charge in [-0.25, -0.2) is 9.78 Å². The highest BCUT2D eigenvalue weighted by Gasteiger charge is 2.11. The average molecular weight is 249 g/mol. The van der Waals surface area contributed by atoms with Gasteiger partial charge in [0.15, 0.2) is 0 Å². The molecule has 0 saturated heterocycles. The van der Waals surface area contributed by atoms with E-state index in [9.17, 15) is 9.59 Å². The maximum absolute atomic E-state index is 10.8. The van der Waals surface area contributed by atoms with E-state index in [4.69, 9.17) is 5.11 Å². The van der Waals surface area contributed by atoms with Gasteiger partial charge in [0.25, 0.3) is 0 Å². The Morgan fingerprint density at radius 2 is 2.38 bits per heavy atom. The summed E-state index contributed by atoms with van der Waals surface area (Å²) in [6.07, 6.45) is 1.02. The number of amides is 1. The highest BCUT2D eigenvalue weighted by atomic mass is 79.9. The molecule has 2 N–H and O–H groups in total. The van der Waals surface area contributed by atoms with Crippen molar-refractivity contribution in [3.63, 3.8) is 0 Å². The lowest BCUT2D eigenvalue weighted by atomic mass is 10.5. The summed E-state index contributed by atoms with van der Waals surface area (Å²) < 4.78 is 4.65. The van der Waals surface area contributed by atoms with Crippen LogP contribution in [0.1, 0.15) is 10.6 Å². The second-order valence-corrected chi connectivity index (χ2v) is 2.58. The molecule has 7 heteroatoms. The third-order valence-electron chi connectivity index (χ3n) is 1.08. The number of carbonyl (C=O) groups excluding carboxylic acids is 1. The monoisotopic (exact) mass is 248 g/mol. The maximum Gasteiger partial charge on any atom is 0.373 e. The fourth-order valence-corrected chi connectivity index (χ4v) is 0.724. The predicted molar refractivity (Wildman–Crippen MR) is 45.9 cm³/mol. The highest BCUT2D eigenvalue weighted by Crippen LogP contribution is 2.08. The molecule has 1 rings (SSSR count). The van der Waals surface area contributed by atoms with E-state index >= 15 is 0 Å². The Kier molecular flexibility index (Phi) is 3.02. The SMILES string of the molecule is O=C(CBr)Nc1ncc(C(=O)O)o1. The number of nitrogens with zero attached hydrogens (tertiary/aromatic N) is 1. The van der Waals surface area contributed by atoms with Crippen LogP contribution in [-0.2, 0) is 4.79 Å². The molecule has 1 heterocycles. The zero-order valence-electron chi connectivity index (χ0n) is 6.28. The van der Waals surface area contributed by atoms with Gasteiger partial charge in [-0.05, 0) is 0 Å². The topological polar surface area (TPSA) is 92.4 Å². The third-order valence-corrected chi connectivity index (χ3v) is 1.59. The Labute approximate surface area is 81.1 Å². The van der Waals surface area contributed by atoms with E-state index in [1.165, 1.54) is 0 Å². The van der Waals surface area contributed by atoms with E-state index in [0.29, 0.717) is 0 Å². The largest absolute Gasteiger partial charge is 0.475 e. The molecule has 0 atom stereocenters. The van der Waals surface area contributed by atoms with E-state index in [1.54, 1.807) is 0 Å². The van der Waals surface area contributed by atoms with Crippen molar-refractivity contribution in [1.29, 1.82) is 0 Å². The van der Waals surface area contributed by atoms with Gasteiger partial charge >= 0.3 is 12.0 Å². The highest BCUT2D eigenvalue weighted by molar-refractivity contribution is 9.09. The number of oxazole rings is 1. The quantitative estimate of drug-likeness (QED) is 0.769. The van der Waals surface area contributed by atoms with Crippen LogP contribution in [0.5, 0.6) is 0 Å². The number of anilines is 1. The summed E-state index contributed by atoms with van der Waals surface area (Å²) in [5.74, 6) is -1.91. The van der Waals surface area contributed by atoms with Gasteiger partial charge < -0.3 is 9.52 Å². The molecular formula is C6H5BrN2O4. The summed E-state index contributed by atoms with van der Waals surface area (Å²) in [5, 5.41) is 10.8. The molecule has 0 radical (unpaired) electrons. The second-order valence-electron chi connectivity index (χ2n) is 2.02. The Hall–Kier alpha value is -1.37. The molecular weight excluding hydrogens is 244 g/mol. The minimum Gasteiger partial charge on any atom is -0.475 e. The first-order valence-electron chi connectivity index (χ1n) is 3.18. The number of nitrogens with one attached hydrogen (secondary N) is 1. The Morgan fingerprint density at radius 1 is 1.69 bits per heavy atom. The van der Waals surface area contributed by atoms with Gasteiger partial charge in [-0.3, -0.25) is 10.1 Å². The van der Waals surface area contributed by atoms with Crippen LogP contribution >= 0.6 is 15.9 Å². The van der Waals surface area contributed by atoms with Crippen molar-refractivity contribution >= 4 is 33.8 Å². The lowest BCUT2D eigenvalue weighted by Gasteiger charge is -1.93. The smallest absolute Gasteiger partial charge is 0.373 e. The van der Waals surface area contributed by atoms with Crippen LogP contribution in [0.15, 0.2) is 10.6 Å². The Balaban J connectivity index is 2.69. The van der Waals surface area contributed by atoms with Crippen LogP contribution in [0.4, 0.5) is 6.01 Å². The molecule has 13 heavy (non-hydrogen) atoms. The van der Waals surface area contributed by atoms with Crippen molar-refractivity contribution in [1.82, 2.24) is 4.98 Å². The van der Waals surface area contributed by atoms with Gasteiger partial charge in [-0.2, -0.15) is 0 Å². The van der Waals surface area contributed by atoms with Crippen LogP contribution in [0.25, 0.3) is 0 Å². The van der Waals surface area contributed by atoms with E-state index in [2.05, 4.69) is 30.6 Å². The molecule has 0 aliphatic rings. The molecule has 0 saturated carbocycles. The number of alkyl halides is 1. The summed E-state index contributed by atoms with van der Waals surface area (Å²) in [5.41, 5.74) is 0. The Morgan fingerprint density at radius 3 is 2.85 bits per heavy atom. The van der Waals surface area contributed by atoms with Crippen LogP contribution in [0.2, 0.25) is 0 Å². The second kappa shape index (κ2) is 4.04. The number of hydrogen-bond acceptors (Lipinski definition) is 4. The van der Waals surface area contributed by atoms with Crippen LogP contribution in [0, 0.1) is 0 Å². The number of hydrogen-bond donors (Lipinski definition) is 2. The summed E-state index contributed by atoms with van der Waals surface area (Å²) in [7, 11) is 0. The fourth-order valence-electron chi connectivity index (χ4n) is 0.583. The third kappa shape index (κ3) is 2.55. The van der Waals surface area contributed by atoms with Crippen molar-refractivity contribution in [2.24, 2.45) is 0 Å². The summed E-state index contributed by atoms with van der Waals surface area (Å²) in [6.45, 7) is 0. The lowest BCUT2D eigenvalue weighted by Crippen LogP contribution is -2.12. The molecule has 0 spiro atoms. The van der Waals surface area contributed by atoms with E-state index in [0.717, 1.165) is 6.20 Å². The Bertz CT molecular complexity index is 335. The van der Waals surface area contributed by atoms with Gasteiger partial charge in [0.1, 0.15) is 0 Å². The fraction of sp³-hybridized carbons (Fsp3) is 0.167. The van der Waals surface area contributed by atoms with Gasteiger partial charge in [0.05, 0.1) is 11.5 Å². The maximum atomic E-state index is 10.8. The first-order chi connectivity index (χ1) is 6.13. The summed E-state index contributed by atoms with van der Waals surface area (Å²) >= 11 is 2.91. The van der Waals surface area contributed by atoms with Crippen molar-refractivity contribution in [2.75, 3.05) is 10.6 Å². The lowest BCUT2D eigenvalue weighted by molar-refractivity contribution is -0.113. The number of aromatic nitrogens is 1. The zero-order valence-corrected chi connectivity index (χ0v) is 7.87. The van der Waals surface area contributed by atoms with E-state index in [1.807, 2.05) is 0 Å². The standard InChI is InChI=1S/C6H5BrN2O4/c7-1-4(10)9-6-8-2-3(13-6)5(11)12/h2H,1H2,(H,11,12)(H,8,9,10). The van der Waals surface area contributed by atoms with Crippen molar-refractivity contribution in [3.05, 3.63) is 12.0 Å². The van der Waals surface area contributed by atoms with Crippen LogP contribution < -0.4 is 5.32 Å². The van der Waals surface area contributed by atoms with Crippen LogP contribution in [-0.4, -0.2) is 27.3 Å². The van der Waals surface area contributed by atoms with Crippen molar-refractivity contribution < 1.29 is 19.1 Å². The number of carbonyl (C=O) groups is 2. The molecule has 0 aromatic carbocycles. The molecule has 0 bridgehead atoms. The average Bonchev–Trinajstić information content (AvgIpc) is 2.52. The molecule has 0 aliphatic heterocycles. The molecule has 0 aliphatic carbocycles. The van der Waals surface area contributed by atoms with Gasteiger partial charge in [-0.1, -0.05) is 15.9 Å². The van der Waals surface area contributed by atoms with E-state index < -0.39 is 5.97 Å². The van der Waals surface area contributed by atoms with Gasteiger partial charge in [0.2, 0.25) is 11.7 Å². The van der Waals surface area contributed by atoms with Gasteiger partial charge in [-0.15, -0.1) is 0 Å². The van der Waals surface area contributed by atoms with E-state index in [-0.39, 0.29) is 23.0 Å². The predicted octanol–water partition coefficient (Wildman–Crippen LogP) is 0.706. The molecule has 0 unspecified atom stereocenters. The molecule has 1 amide bonds. The minimum absolute atomic E-state index is 0.0950. The van der Waals surface area contributed by atoms with Crippen molar-refractivity contribution in [2.45, 2.75) is 0 Å². The molecule has 0 fully saturated rings. The molecule has 70 valence electrons. The number of carboxylic acids is 1. The van der Waals surface area contributed by atoms with Crippen LogP contribution in [0.3, 0.4) is 0 Å². The van der Waals surface area contributed by atoms with Crippen molar-refractivity contribution in [3.8, 4) is 0 Å². The molecule has 1 aromatic rings.